The molecule has 5 heteroatoms. The lowest BCUT2D eigenvalue weighted by atomic mass is 9.97. The van der Waals surface area contributed by atoms with Crippen LogP contribution in [0.15, 0.2) is 17.2 Å². The number of anilines is 1. The lowest BCUT2D eigenvalue weighted by Gasteiger charge is -2.31. The summed E-state index contributed by atoms with van der Waals surface area (Å²) in [5.41, 5.74) is 5.71. The second-order valence-electron chi connectivity index (χ2n) is 4.92. The van der Waals surface area contributed by atoms with Crippen molar-refractivity contribution in [2.45, 2.75) is 32.7 Å². The molecule has 0 aliphatic carbocycles. The molecule has 0 saturated carbocycles. The smallest absolute Gasteiger partial charge is 0.293 e. The van der Waals surface area contributed by atoms with Gasteiger partial charge in [0.1, 0.15) is 0 Å². The first kappa shape index (κ1) is 13.1. The first-order valence-electron chi connectivity index (χ1n) is 6.76. The van der Waals surface area contributed by atoms with E-state index in [1.165, 1.54) is 0 Å². The number of piperidine rings is 1. The monoisotopic (exact) mass is 250 g/mol. The summed E-state index contributed by atoms with van der Waals surface area (Å²) in [6.45, 7) is 5.35. The summed E-state index contributed by atoms with van der Waals surface area (Å²) in [6, 6.07) is 0. The minimum atomic E-state index is 0.0329. The molecule has 0 bridgehead atoms. The Morgan fingerprint density at radius 3 is 2.78 bits per heavy atom. The van der Waals surface area contributed by atoms with Crippen molar-refractivity contribution in [3.8, 4) is 0 Å². The minimum Gasteiger partial charge on any atom is -0.352 e. The normalized spacial score (nSPS) is 17.1. The third-order valence-electron chi connectivity index (χ3n) is 3.61. The Morgan fingerprint density at radius 1 is 1.44 bits per heavy atom. The van der Waals surface area contributed by atoms with Gasteiger partial charge in [-0.1, -0.05) is 6.92 Å². The molecule has 1 aromatic heterocycles. The van der Waals surface area contributed by atoms with Gasteiger partial charge >= 0.3 is 0 Å². The van der Waals surface area contributed by atoms with E-state index in [0.717, 1.165) is 45.4 Å². The van der Waals surface area contributed by atoms with Gasteiger partial charge in [-0.25, -0.2) is 4.98 Å². The van der Waals surface area contributed by atoms with Crippen molar-refractivity contribution in [3.05, 3.63) is 22.7 Å². The van der Waals surface area contributed by atoms with Crippen LogP contribution in [0, 0.1) is 5.92 Å². The highest BCUT2D eigenvalue weighted by Crippen LogP contribution is 2.18. The van der Waals surface area contributed by atoms with Crippen molar-refractivity contribution in [2.75, 3.05) is 24.5 Å². The largest absolute Gasteiger partial charge is 0.352 e. The van der Waals surface area contributed by atoms with E-state index in [2.05, 4.69) is 16.8 Å². The van der Waals surface area contributed by atoms with Crippen LogP contribution in [0.2, 0.25) is 0 Å². The molecular weight excluding hydrogens is 228 g/mol. The summed E-state index contributed by atoms with van der Waals surface area (Å²) >= 11 is 0. The number of rotatable bonds is 4. The summed E-state index contributed by atoms with van der Waals surface area (Å²) < 4.78 is 1.75. The molecule has 2 heterocycles. The lowest BCUT2D eigenvalue weighted by Crippen LogP contribution is -2.40. The highest BCUT2D eigenvalue weighted by atomic mass is 16.1. The van der Waals surface area contributed by atoms with Crippen LogP contribution in [0.3, 0.4) is 0 Å². The molecule has 0 unspecified atom stereocenters. The Hall–Kier alpha value is -1.36. The topological polar surface area (TPSA) is 64.2 Å². The fourth-order valence-electron chi connectivity index (χ4n) is 2.45. The van der Waals surface area contributed by atoms with Crippen molar-refractivity contribution in [3.63, 3.8) is 0 Å². The first-order chi connectivity index (χ1) is 8.76. The van der Waals surface area contributed by atoms with E-state index in [9.17, 15) is 4.79 Å². The number of nitrogens with two attached hydrogens (primary N) is 1. The number of aryl methyl sites for hydroxylation is 1. The van der Waals surface area contributed by atoms with Gasteiger partial charge in [-0.3, -0.25) is 4.79 Å². The quantitative estimate of drug-likeness (QED) is 0.859. The molecule has 2 N–H and O–H groups in total. The van der Waals surface area contributed by atoms with Gasteiger partial charge in [0.25, 0.3) is 5.56 Å². The molecule has 1 aromatic rings. The molecule has 1 aliphatic heterocycles. The van der Waals surface area contributed by atoms with Crippen molar-refractivity contribution in [1.82, 2.24) is 9.55 Å². The third-order valence-corrected chi connectivity index (χ3v) is 3.61. The predicted octanol–water partition coefficient (Wildman–Crippen LogP) is 0.828. The van der Waals surface area contributed by atoms with Crippen LogP contribution in [-0.2, 0) is 6.54 Å². The molecule has 0 aromatic carbocycles. The van der Waals surface area contributed by atoms with Gasteiger partial charge in [0.2, 0.25) is 0 Å². The van der Waals surface area contributed by atoms with Crippen LogP contribution in [-0.4, -0.2) is 29.2 Å². The molecule has 1 saturated heterocycles. The van der Waals surface area contributed by atoms with Crippen LogP contribution in [0.1, 0.15) is 26.2 Å². The molecule has 100 valence electrons. The average molecular weight is 250 g/mol. The molecule has 2 rings (SSSR count). The molecule has 0 spiro atoms. The fraction of sp³-hybridized carbons (Fsp3) is 0.692. The van der Waals surface area contributed by atoms with Crippen molar-refractivity contribution < 1.29 is 0 Å². The predicted molar refractivity (Wildman–Crippen MR) is 72.8 cm³/mol. The van der Waals surface area contributed by atoms with Gasteiger partial charge in [-0.2, -0.15) is 0 Å². The molecule has 0 amide bonds. The van der Waals surface area contributed by atoms with Crippen LogP contribution >= 0.6 is 0 Å². The van der Waals surface area contributed by atoms with Crippen LogP contribution in [0.5, 0.6) is 0 Å². The third kappa shape index (κ3) is 2.72. The van der Waals surface area contributed by atoms with Crippen LogP contribution < -0.4 is 16.2 Å². The maximum atomic E-state index is 12.2. The van der Waals surface area contributed by atoms with E-state index < -0.39 is 0 Å². The van der Waals surface area contributed by atoms with Gasteiger partial charge in [0, 0.05) is 32.0 Å². The average Bonchev–Trinajstić information content (AvgIpc) is 2.42. The zero-order valence-corrected chi connectivity index (χ0v) is 11.0. The molecule has 1 aliphatic rings. The lowest BCUT2D eigenvalue weighted by molar-refractivity contribution is 0.411. The van der Waals surface area contributed by atoms with E-state index >= 15 is 0 Å². The number of hydrogen-bond acceptors (Lipinski definition) is 4. The highest BCUT2D eigenvalue weighted by Gasteiger charge is 2.21. The Labute approximate surface area is 108 Å². The van der Waals surface area contributed by atoms with E-state index in [4.69, 9.17) is 5.73 Å². The number of hydrogen-bond donors (Lipinski definition) is 1. The SMILES string of the molecule is CCCn1ccnc(N2CCC(CN)CC2)c1=O. The van der Waals surface area contributed by atoms with E-state index in [-0.39, 0.29) is 5.56 Å². The molecule has 5 nitrogen and oxygen atoms in total. The molecule has 0 radical (unpaired) electrons. The Morgan fingerprint density at radius 2 is 2.17 bits per heavy atom. The summed E-state index contributed by atoms with van der Waals surface area (Å²) in [6.07, 6.45) is 6.56. The van der Waals surface area contributed by atoms with Crippen LogP contribution in [0.4, 0.5) is 5.82 Å². The maximum absolute atomic E-state index is 12.2. The Kier molecular flexibility index (Phi) is 4.36. The van der Waals surface area contributed by atoms with Gasteiger partial charge in [0.15, 0.2) is 5.82 Å². The van der Waals surface area contributed by atoms with Crippen molar-refractivity contribution in [1.29, 1.82) is 0 Å². The van der Waals surface area contributed by atoms with Crippen molar-refractivity contribution >= 4 is 5.82 Å². The molecule has 1 fully saturated rings. The van der Waals surface area contributed by atoms with Crippen molar-refractivity contribution in [2.24, 2.45) is 11.7 Å². The first-order valence-corrected chi connectivity index (χ1v) is 6.76. The van der Waals surface area contributed by atoms with E-state index in [1.54, 1.807) is 17.0 Å². The summed E-state index contributed by atoms with van der Waals surface area (Å²) in [5, 5.41) is 0. The van der Waals surface area contributed by atoms with Gasteiger partial charge in [0.05, 0.1) is 0 Å². The molecule has 0 atom stereocenters. The zero-order chi connectivity index (χ0) is 13.0. The van der Waals surface area contributed by atoms with Crippen LogP contribution in [0.25, 0.3) is 0 Å². The number of nitrogens with zero attached hydrogens (tertiary/aromatic N) is 3. The second kappa shape index (κ2) is 6.00. The minimum absolute atomic E-state index is 0.0329. The van der Waals surface area contributed by atoms with Gasteiger partial charge in [-0.05, 0) is 31.7 Å². The molecule has 18 heavy (non-hydrogen) atoms. The second-order valence-corrected chi connectivity index (χ2v) is 4.92. The standard InChI is InChI=1S/C13H22N4O/c1-2-6-17-9-5-15-12(13(17)18)16-7-3-11(10-14)4-8-16/h5,9,11H,2-4,6-8,10,14H2,1H3. The maximum Gasteiger partial charge on any atom is 0.293 e. The Bertz CT molecular complexity index is 435. The highest BCUT2D eigenvalue weighted by molar-refractivity contribution is 5.36. The summed E-state index contributed by atoms with van der Waals surface area (Å²) in [5.74, 6) is 1.20. The zero-order valence-electron chi connectivity index (χ0n) is 11.0. The van der Waals surface area contributed by atoms with Gasteiger partial charge in [-0.15, -0.1) is 0 Å². The molecular formula is C13H22N4O. The van der Waals surface area contributed by atoms with E-state index in [1.807, 2.05) is 0 Å². The fourth-order valence-corrected chi connectivity index (χ4v) is 2.45. The van der Waals surface area contributed by atoms with Gasteiger partial charge < -0.3 is 15.2 Å². The summed E-state index contributed by atoms with van der Waals surface area (Å²) in [4.78, 5) is 18.6. The Balaban J connectivity index is 2.14. The number of aromatic nitrogens is 2. The summed E-state index contributed by atoms with van der Waals surface area (Å²) in [7, 11) is 0. The van der Waals surface area contributed by atoms with E-state index in [0.29, 0.717) is 11.7 Å².